The van der Waals surface area contributed by atoms with Crippen LogP contribution in [0.4, 0.5) is 22.7 Å². The summed E-state index contributed by atoms with van der Waals surface area (Å²) in [5.74, 6) is 2.77. The molecule has 0 saturated carbocycles. The van der Waals surface area contributed by atoms with Crippen LogP contribution in [0.1, 0.15) is 99.3 Å². The van der Waals surface area contributed by atoms with E-state index in [4.69, 9.17) is 0 Å². The molecule has 4 aliphatic heterocycles. The highest BCUT2D eigenvalue weighted by atomic mass is 15.4. The third-order valence-electron chi connectivity index (χ3n) is 17.3. The normalized spacial score (nSPS) is 16.5. The lowest BCUT2D eigenvalue weighted by Gasteiger charge is -2.40. The van der Waals surface area contributed by atoms with Crippen molar-refractivity contribution in [2.24, 2.45) is 0 Å². The topological polar surface area (TPSA) is 19.0 Å². The molecule has 442 valence electrons. The molecule has 10 heteroatoms. The first-order valence-corrected chi connectivity index (χ1v) is 31.7. The first kappa shape index (κ1) is 62.3. The van der Waals surface area contributed by atoms with Gasteiger partial charge in [0.2, 0.25) is 11.4 Å². The Balaban J connectivity index is 0.939. The molecule has 0 spiro atoms. The summed E-state index contributed by atoms with van der Waals surface area (Å²) >= 11 is 0. The van der Waals surface area contributed by atoms with E-state index in [0.29, 0.717) is 0 Å². The van der Waals surface area contributed by atoms with Gasteiger partial charge in [0.25, 0.3) is 0 Å². The second kappa shape index (κ2) is 27.7. The van der Waals surface area contributed by atoms with Crippen molar-refractivity contribution >= 4 is 45.3 Å². The van der Waals surface area contributed by atoms with E-state index >= 15 is 0 Å². The van der Waals surface area contributed by atoms with Crippen molar-refractivity contribution in [3.8, 4) is 0 Å². The van der Waals surface area contributed by atoms with Gasteiger partial charge in [-0.1, -0.05) is 111 Å². The lowest BCUT2D eigenvalue weighted by atomic mass is 9.95. The number of quaternary nitrogens is 4. The van der Waals surface area contributed by atoms with Gasteiger partial charge in [0.15, 0.2) is 11.4 Å². The highest BCUT2D eigenvalue weighted by Crippen LogP contribution is 2.41. The van der Waals surface area contributed by atoms with E-state index in [1.807, 2.05) is 0 Å². The predicted octanol–water partition coefficient (Wildman–Crippen LogP) is 12.5. The molecule has 8 rings (SSSR count). The maximum Gasteiger partial charge on any atom is 0.208 e. The number of fused-ring (bicyclic) bond motifs is 4. The van der Waals surface area contributed by atoms with Crippen molar-refractivity contribution in [1.82, 2.24) is 9.80 Å². The number of para-hydroxylation sites is 4. The number of benzene rings is 4. The molecule has 4 aliphatic rings. The van der Waals surface area contributed by atoms with Crippen molar-refractivity contribution in [3.05, 3.63) is 155 Å². The molecule has 0 radical (unpaired) electrons. The monoisotopic (exact) mass is 1110 g/mol. The summed E-state index contributed by atoms with van der Waals surface area (Å²) in [5, 5.41) is 0. The Morgan fingerprint density at radius 1 is 0.390 bits per heavy atom. The summed E-state index contributed by atoms with van der Waals surface area (Å²) in [7, 11) is 32.5. The third-order valence-corrected chi connectivity index (χ3v) is 17.3. The zero-order chi connectivity index (χ0) is 58.7. The van der Waals surface area contributed by atoms with Crippen molar-refractivity contribution in [2.45, 2.75) is 89.9 Å². The summed E-state index contributed by atoms with van der Waals surface area (Å²) in [4.78, 5) is 10.9. The van der Waals surface area contributed by atoms with E-state index in [9.17, 15) is 0 Å². The van der Waals surface area contributed by atoms with Gasteiger partial charge in [-0.2, -0.15) is 9.15 Å². The van der Waals surface area contributed by atoms with Gasteiger partial charge in [-0.3, -0.25) is 0 Å². The Morgan fingerprint density at radius 2 is 0.695 bits per heavy atom. The van der Waals surface area contributed by atoms with Crippen LogP contribution >= 0.6 is 0 Å². The zero-order valence-corrected chi connectivity index (χ0v) is 54.0. The second-order valence-electron chi connectivity index (χ2n) is 28.5. The van der Waals surface area contributed by atoms with Gasteiger partial charge in [-0.25, -0.2) is 0 Å². The van der Waals surface area contributed by atoms with Crippen LogP contribution in [0.5, 0.6) is 0 Å². The molecule has 4 aromatic carbocycles. The number of hydrogen-bond donors (Lipinski definition) is 0. The molecule has 82 heavy (non-hydrogen) atoms. The van der Waals surface area contributed by atoms with Crippen LogP contribution in [0.25, 0.3) is 11.1 Å². The fraction of sp³-hybridized carbons (Fsp3) is 0.528. The van der Waals surface area contributed by atoms with E-state index in [-0.39, 0.29) is 0 Å². The number of unbranched alkanes of at least 4 members (excludes halogenated alkanes) is 7. The van der Waals surface area contributed by atoms with Crippen LogP contribution in [0.3, 0.4) is 0 Å². The molecule has 10 nitrogen and oxygen atoms in total. The van der Waals surface area contributed by atoms with Crippen molar-refractivity contribution in [3.63, 3.8) is 0 Å². The number of allylic oxidation sites excluding steroid dienone is 6. The van der Waals surface area contributed by atoms with Crippen LogP contribution in [0.2, 0.25) is 0 Å². The van der Waals surface area contributed by atoms with Crippen molar-refractivity contribution < 1.29 is 27.1 Å². The minimum absolute atomic E-state index is 0.967. The predicted molar refractivity (Wildman–Crippen MR) is 352 cm³/mol. The van der Waals surface area contributed by atoms with Crippen LogP contribution in [0, 0.1) is 0 Å². The minimum atomic E-state index is 0.967. The molecule has 4 heterocycles. The van der Waals surface area contributed by atoms with Crippen LogP contribution in [0.15, 0.2) is 133 Å². The number of nitrogens with zero attached hydrogens (tertiary/aromatic N) is 10. The standard InChI is InChI=1S/C72H110N10/c1-73-63(53-59-35-21-25-39-67(59)73)55-61-57-71(75(43-31-49-79(3,4)5)44-32-50-80(6,7)8)77(69-41-27-23-37-65(61)69)47-29-19-17-15-16-18-20-30-48-78-70-42-28-24-38-66(70)62(56-64-54-60-36-22-26-40-68(60)74(64)2)58-72(78)76(45-33-51-81(9,10)11)46-34-52-82(12,13)14/h21-28,35-42,55-58H,15-20,29-34,43-54H2,1-14H3/q+6. The maximum atomic E-state index is 2.76. The lowest BCUT2D eigenvalue weighted by Crippen LogP contribution is -2.43. The van der Waals surface area contributed by atoms with E-state index in [2.05, 4.69) is 249 Å². The summed E-state index contributed by atoms with van der Waals surface area (Å²) in [6.45, 7) is 10.9. The largest absolute Gasteiger partial charge is 0.358 e. The minimum Gasteiger partial charge on any atom is -0.358 e. The Morgan fingerprint density at radius 3 is 1.02 bits per heavy atom. The molecule has 0 amide bonds. The van der Waals surface area contributed by atoms with Crippen LogP contribution < -0.4 is 9.80 Å². The second-order valence-corrected chi connectivity index (χ2v) is 28.5. The average Bonchev–Trinajstić information content (AvgIpc) is 4.01. The van der Waals surface area contributed by atoms with E-state index in [1.165, 1.54) is 131 Å². The first-order chi connectivity index (χ1) is 39.0. The number of rotatable bonds is 31. The van der Waals surface area contributed by atoms with E-state index in [1.54, 1.807) is 0 Å². The van der Waals surface area contributed by atoms with E-state index in [0.717, 1.165) is 122 Å². The smallest absolute Gasteiger partial charge is 0.208 e. The van der Waals surface area contributed by atoms with Gasteiger partial charge in [-0.05, 0) is 48.3 Å². The fourth-order valence-electron chi connectivity index (χ4n) is 12.8. The number of hydrogen-bond acceptors (Lipinski definition) is 4. The van der Waals surface area contributed by atoms with Crippen molar-refractivity contribution in [1.29, 1.82) is 0 Å². The summed E-state index contributed by atoms with van der Waals surface area (Å²) in [6, 6.07) is 36.4. The SMILES string of the molecule is C[N+]1=C(/C=C2\C=C(N(CCC[N+](C)(C)C)CCC[N+](C)(C)C)N(CCCCCCCCCCN3C(N(CCC[N+](C)(C)C)CCC[N+](C)(C)C)=C/C(=C\C4=[N+](C)c5ccccc5C4)c4ccccc43)c3ccccc32)Cc2ccccc21. The lowest BCUT2D eigenvalue weighted by molar-refractivity contribution is -0.870. The Labute approximate surface area is 498 Å². The maximum absolute atomic E-state index is 2.76. The molecular formula is C72H110N10+6. The molecule has 0 atom stereocenters. The Kier molecular flexibility index (Phi) is 21.1. The third kappa shape index (κ3) is 17.4. The van der Waals surface area contributed by atoms with Crippen LogP contribution in [-0.4, -0.2) is 212 Å². The van der Waals surface area contributed by atoms with Gasteiger partial charge in [0.1, 0.15) is 25.7 Å². The van der Waals surface area contributed by atoms with Gasteiger partial charge >= 0.3 is 0 Å². The molecule has 0 bridgehead atoms. The van der Waals surface area contributed by atoms with Gasteiger partial charge in [0.05, 0.1) is 135 Å². The van der Waals surface area contributed by atoms with Gasteiger partial charge in [-0.15, -0.1) is 0 Å². The molecular weight excluding hydrogens is 1000 g/mol. The molecule has 0 aromatic heterocycles. The highest BCUT2D eigenvalue weighted by molar-refractivity contribution is 6.06. The summed E-state index contributed by atoms with van der Waals surface area (Å²) < 4.78 is 8.77. The number of anilines is 2. The summed E-state index contributed by atoms with van der Waals surface area (Å²) in [6.07, 6.45) is 26.8. The molecule has 0 aliphatic carbocycles. The highest BCUT2D eigenvalue weighted by Gasteiger charge is 2.33. The molecule has 0 N–H and O–H groups in total. The van der Waals surface area contributed by atoms with Gasteiger partial charge < -0.3 is 37.5 Å². The fourth-order valence-corrected chi connectivity index (χ4v) is 12.8. The van der Waals surface area contributed by atoms with Crippen molar-refractivity contribution in [2.75, 3.05) is 174 Å². The quantitative estimate of drug-likeness (QED) is 0.0284. The zero-order valence-electron chi connectivity index (χ0n) is 54.0. The Hall–Kier alpha value is -5.78. The molecule has 0 fully saturated rings. The Bertz CT molecular complexity index is 2740. The van der Waals surface area contributed by atoms with Crippen LogP contribution in [-0.2, 0) is 12.8 Å². The molecule has 0 saturated heterocycles. The average molecular weight is 1120 g/mol. The van der Waals surface area contributed by atoms with Gasteiger partial charge in [0, 0.05) is 111 Å². The molecule has 0 unspecified atom stereocenters. The molecule has 4 aromatic rings. The first-order valence-electron chi connectivity index (χ1n) is 31.7. The van der Waals surface area contributed by atoms with E-state index < -0.39 is 0 Å². The summed E-state index contributed by atoms with van der Waals surface area (Å²) in [5.41, 5.74) is 16.3.